The summed E-state index contributed by atoms with van der Waals surface area (Å²) < 4.78 is 23.5. The summed E-state index contributed by atoms with van der Waals surface area (Å²) in [5.74, 6) is 3.15. The number of hydrogen-bond acceptors (Lipinski definition) is 8. The molecule has 158 valence electrons. The molecule has 31 heavy (non-hydrogen) atoms. The maximum atomic E-state index is 13.0. The van der Waals surface area contributed by atoms with Crippen molar-refractivity contribution in [3.63, 3.8) is 0 Å². The molecule has 3 aromatic rings. The van der Waals surface area contributed by atoms with E-state index in [4.69, 9.17) is 25.4 Å². The van der Waals surface area contributed by atoms with Crippen LogP contribution < -0.4 is 23.7 Å². The van der Waals surface area contributed by atoms with E-state index in [1.165, 1.54) is 31.6 Å². The molecule has 0 radical (unpaired) electrons. The SMILES string of the molecule is C#CCn1c(=NC(=O)c2cc(OC)c(OC)cc2[N+](=O)[O-])sc2cc3c(cc21)OCO3. The molecular formula is C20H15N3O7S. The van der Waals surface area contributed by atoms with Crippen molar-refractivity contribution < 1.29 is 28.7 Å². The van der Waals surface area contributed by atoms with E-state index in [-0.39, 0.29) is 35.2 Å². The predicted octanol–water partition coefficient (Wildman–Crippen LogP) is 2.73. The third-order valence-corrected chi connectivity index (χ3v) is 5.59. The normalized spacial score (nSPS) is 12.6. The van der Waals surface area contributed by atoms with Gasteiger partial charge < -0.3 is 23.5 Å². The molecule has 1 amide bonds. The first kappa shape index (κ1) is 20.2. The number of carbonyl (C=O) groups is 1. The highest BCUT2D eigenvalue weighted by Gasteiger charge is 2.25. The zero-order valence-electron chi connectivity index (χ0n) is 16.4. The fourth-order valence-electron chi connectivity index (χ4n) is 3.13. The van der Waals surface area contributed by atoms with E-state index < -0.39 is 16.5 Å². The number of amides is 1. The van der Waals surface area contributed by atoms with E-state index in [1.54, 1.807) is 16.7 Å². The van der Waals surface area contributed by atoms with E-state index in [0.717, 1.165) is 10.8 Å². The fourth-order valence-corrected chi connectivity index (χ4v) is 4.16. The standard InChI is InChI=1S/C20H15N3O7S/c1-4-5-22-13-8-16-17(30-10-29-16)9-18(13)31-20(22)21-19(24)11-6-14(27-2)15(28-3)7-12(11)23(25)26/h1,6-9H,5,10H2,2-3H3. The van der Waals surface area contributed by atoms with Gasteiger partial charge in [0.15, 0.2) is 27.8 Å². The van der Waals surface area contributed by atoms with Crippen molar-refractivity contribution in [2.24, 2.45) is 4.99 Å². The molecule has 4 rings (SSSR count). The van der Waals surface area contributed by atoms with Gasteiger partial charge in [0.05, 0.1) is 42.0 Å². The van der Waals surface area contributed by atoms with Crippen LogP contribution in [0.4, 0.5) is 5.69 Å². The molecule has 2 aromatic carbocycles. The van der Waals surface area contributed by atoms with E-state index in [1.807, 2.05) is 0 Å². The lowest BCUT2D eigenvalue weighted by molar-refractivity contribution is -0.385. The third kappa shape index (κ3) is 3.53. The van der Waals surface area contributed by atoms with Crippen molar-refractivity contribution in [1.29, 1.82) is 0 Å². The van der Waals surface area contributed by atoms with Gasteiger partial charge in [-0.1, -0.05) is 17.3 Å². The fraction of sp³-hybridized carbons (Fsp3) is 0.200. The number of hydrogen-bond donors (Lipinski definition) is 0. The zero-order valence-corrected chi connectivity index (χ0v) is 17.2. The molecule has 0 bridgehead atoms. The molecule has 1 aliphatic heterocycles. The number of nitrogens with zero attached hydrogens (tertiary/aromatic N) is 3. The Bertz CT molecular complexity index is 1330. The van der Waals surface area contributed by atoms with Crippen molar-refractivity contribution in [1.82, 2.24) is 4.57 Å². The first-order valence-electron chi connectivity index (χ1n) is 8.82. The van der Waals surface area contributed by atoms with E-state index in [9.17, 15) is 14.9 Å². The molecule has 0 unspecified atom stereocenters. The Hall–Kier alpha value is -4.04. The number of terminal acetylenes is 1. The number of fused-ring (bicyclic) bond motifs is 2. The number of nitro benzene ring substituents is 1. The molecule has 1 aliphatic rings. The predicted molar refractivity (Wildman–Crippen MR) is 111 cm³/mol. The van der Waals surface area contributed by atoms with Gasteiger partial charge in [0.25, 0.3) is 11.6 Å². The van der Waals surface area contributed by atoms with Gasteiger partial charge >= 0.3 is 0 Å². The Balaban J connectivity index is 1.89. The lowest BCUT2D eigenvalue weighted by atomic mass is 10.1. The molecule has 0 N–H and O–H groups in total. The van der Waals surface area contributed by atoms with E-state index >= 15 is 0 Å². The number of rotatable bonds is 5. The second kappa shape index (κ2) is 8.00. The molecule has 11 heteroatoms. The number of benzene rings is 2. The molecule has 0 saturated heterocycles. The second-order valence-electron chi connectivity index (χ2n) is 6.25. The lowest BCUT2D eigenvalue weighted by Gasteiger charge is -2.08. The van der Waals surface area contributed by atoms with Crippen molar-refractivity contribution in [3.8, 4) is 35.3 Å². The first-order chi connectivity index (χ1) is 15.0. The molecule has 2 heterocycles. The number of ether oxygens (including phenoxy) is 4. The molecule has 0 aliphatic carbocycles. The van der Waals surface area contributed by atoms with Gasteiger partial charge in [-0.05, 0) is 0 Å². The van der Waals surface area contributed by atoms with Crippen LogP contribution in [0.15, 0.2) is 29.3 Å². The third-order valence-electron chi connectivity index (χ3n) is 4.55. The summed E-state index contributed by atoms with van der Waals surface area (Å²) in [6.07, 6.45) is 5.50. The number of methoxy groups -OCH3 is 2. The molecular weight excluding hydrogens is 426 g/mol. The van der Waals surface area contributed by atoms with Crippen LogP contribution in [-0.2, 0) is 6.54 Å². The summed E-state index contributed by atoms with van der Waals surface area (Å²) in [7, 11) is 2.71. The minimum atomic E-state index is -0.815. The Labute approximate surface area is 179 Å². The van der Waals surface area contributed by atoms with Crippen molar-refractivity contribution in [2.45, 2.75) is 6.54 Å². The summed E-state index contributed by atoms with van der Waals surface area (Å²) in [6, 6.07) is 5.89. The summed E-state index contributed by atoms with van der Waals surface area (Å²) in [6.45, 7) is 0.264. The Kier molecular flexibility index (Phi) is 5.22. The van der Waals surface area contributed by atoms with E-state index in [2.05, 4.69) is 10.9 Å². The van der Waals surface area contributed by atoms with Crippen molar-refractivity contribution >= 4 is 33.1 Å². The number of thiazole rings is 1. The summed E-state index contributed by atoms with van der Waals surface area (Å²) >= 11 is 1.20. The van der Waals surface area contributed by atoms with Gasteiger partial charge in [0.1, 0.15) is 5.56 Å². The van der Waals surface area contributed by atoms with Gasteiger partial charge in [0.2, 0.25) is 6.79 Å². The lowest BCUT2D eigenvalue weighted by Crippen LogP contribution is -2.17. The van der Waals surface area contributed by atoms with Crippen LogP contribution in [-0.4, -0.2) is 36.4 Å². The highest BCUT2D eigenvalue weighted by molar-refractivity contribution is 7.16. The maximum Gasteiger partial charge on any atom is 0.286 e. The zero-order chi connectivity index (χ0) is 22.1. The molecule has 0 fully saturated rings. The highest BCUT2D eigenvalue weighted by atomic mass is 32.1. The monoisotopic (exact) mass is 441 g/mol. The van der Waals surface area contributed by atoms with Gasteiger partial charge in [-0.15, -0.1) is 6.42 Å². The largest absolute Gasteiger partial charge is 0.493 e. The van der Waals surface area contributed by atoms with E-state index in [0.29, 0.717) is 17.0 Å². The van der Waals surface area contributed by atoms with Crippen LogP contribution in [0.1, 0.15) is 10.4 Å². The van der Waals surface area contributed by atoms with Gasteiger partial charge in [-0.25, -0.2) is 0 Å². The van der Waals surface area contributed by atoms with Crippen LogP contribution in [0.25, 0.3) is 10.2 Å². The molecule has 0 atom stereocenters. The first-order valence-corrected chi connectivity index (χ1v) is 9.64. The van der Waals surface area contributed by atoms with Crippen LogP contribution >= 0.6 is 11.3 Å². The Morgan fingerprint density at radius 2 is 1.94 bits per heavy atom. The van der Waals surface area contributed by atoms with Crippen LogP contribution in [0.3, 0.4) is 0 Å². The van der Waals surface area contributed by atoms with Gasteiger partial charge in [-0.3, -0.25) is 14.9 Å². The van der Waals surface area contributed by atoms with Crippen LogP contribution in [0.5, 0.6) is 23.0 Å². The summed E-state index contributed by atoms with van der Waals surface area (Å²) in [5, 5.41) is 11.5. The quantitative estimate of drug-likeness (QED) is 0.340. The van der Waals surface area contributed by atoms with Crippen molar-refractivity contribution in [3.05, 3.63) is 44.7 Å². The molecule has 10 nitrogen and oxygen atoms in total. The topological polar surface area (TPSA) is 114 Å². The van der Waals surface area contributed by atoms with Crippen LogP contribution in [0.2, 0.25) is 0 Å². The second-order valence-corrected chi connectivity index (χ2v) is 7.26. The molecule has 1 aromatic heterocycles. The number of aromatic nitrogens is 1. The molecule has 0 saturated carbocycles. The van der Waals surface area contributed by atoms with Crippen molar-refractivity contribution in [2.75, 3.05) is 21.0 Å². The average molecular weight is 441 g/mol. The summed E-state index contributed by atoms with van der Waals surface area (Å²) in [5.41, 5.74) is 0.0267. The van der Waals surface area contributed by atoms with Gasteiger partial charge in [-0.2, -0.15) is 4.99 Å². The smallest absolute Gasteiger partial charge is 0.286 e. The number of nitro groups is 1. The Morgan fingerprint density at radius 1 is 1.26 bits per heavy atom. The highest BCUT2D eigenvalue weighted by Crippen LogP contribution is 2.37. The average Bonchev–Trinajstić information content (AvgIpc) is 3.35. The number of carbonyl (C=O) groups excluding carboxylic acids is 1. The van der Waals surface area contributed by atoms with Gasteiger partial charge in [0, 0.05) is 18.2 Å². The Morgan fingerprint density at radius 3 is 2.58 bits per heavy atom. The summed E-state index contributed by atoms with van der Waals surface area (Å²) in [4.78, 5) is 28.2. The van der Waals surface area contributed by atoms with Crippen LogP contribution in [0, 0.1) is 22.5 Å². The minimum absolute atomic E-state index is 0.125. The maximum absolute atomic E-state index is 13.0. The molecule has 0 spiro atoms. The minimum Gasteiger partial charge on any atom is -0.493 e.